The normalized spacial score (nSPS) is 16.1. The lowest BCUT2D eigenvalue weighted by Gasteiger charge is -2.32. The average Bonchev–Trinajstić information content (AvgIpc) is 3.68. The van der Waals surface area contributed by atoms with E-state index in [1.165, 1.54) is 25.7 Å². The highest BCUT2D eigenvalue weighted by Crippen LogP contribution is 2.33. The zero-order chi connectivity index (χ0) is 30.9. The van der Waals surface area contributed by atoms with Crippen LogP contribution in [0.15, 0.2) is 72.8 Å². The second-order valence-corrected chi connectivity index (χ2v) is 13.0. The van der Waals surface area contributed by atoms with Crippen molar-refractivity contribution in [2.45, 2.75) is 83.8 Å². The van der Waals surface area contributed by atoms with Crippen molar-refractivity contribution in [3.05, 3.63) is 89.5 Å². The number of rotatable bonds is 13. The lowest BCUT2D eigenvalue weighted by molar-refractivity contribution is 0.0344. The van der Waals surface area contributed by atoms with E-state index in [-0.39, 0.29) is 6.79 Å². The molecule has 5 rings (SSSR count). The Balaban J connectivity index is 1.28. The van der Waals surface area contributed by atoms with Crippen molar-refractivity contribution in [3.8, 4) is 17.2 Å². The molecule has 2 aliphatic rings. The van der Waals surface area contributed by atoms with Gasteiger partial charge < -0.3 is 29.4 Å². The fourth-order valence-electron chi connectivity index (χ4n) is 5.91. The number of hydrogen-bond acceptors (Lipinski definition) is 7. The smallest absolute Gasteiger partial charge is 0.407 e. The van der Waals surface area contributed by atoms with Gasteiger partial charge in [0.05, 0.1) is 12.1 Å². The molecule has 1 saturated carbocycles. The van der Waals surface area contributed by atoms with Crippen molar-refractivity contribution in [1.29, 1.82) is 0 Å². The Labute approximate surface area is 261 Å². The van der Waals surface area contributed by atoms with Gasteiger partial charge in [-0.1, -0.05) is 61.4 Å². The molecule has 0 bridgehead atoms. The molecule has 1 amide bonds. The van der Waals surface area contributed by atoms with Crippen LogP contribution < -0.4 is 19.5 Å². The van der Waals surface area contributed by atoms with E-state index >= 15 is 0 Å². The molecule has 3 aromatic carbocycles. The van der Waals surface area contributed by atoms with E-state index in [0.717, 1.165) is 40.5 Å². The minimum absolute atomic E-state index is 0.238. The molecule has 3 aromatic rings. The minimum atomic E-state index is -0.827. The molecule has 1 heterocycles. The molecule has 2 N–H and O–H groups in total. The van der Waals surface area contributed by atoms with Crippen molar-refractivity contribution >= 4 is 6.09 Å². The molecule has 1 fully saturated rings. The summed E-state index contributed by atoms with van der Waals surface area (Å²) in [4.78, 5) is 15.2. The van der Waals surface area contributed by atoms with Crippen LogP contribution in [0.3, 0.4) is 0 Å². The first-order valence-corrected chi connectivity index (χ1v) is 15.7. The number of fused-ring (bicyclic) bond motifs is 1. The third-order valence-electron chi connectivity index (χ3n) is 8.07. The number of aliphatic hydroxyl groups excluding tert-OH is 1. The molecule has 44 heavy (non-hydrogen) atoms. The van der Waals surface area contributed by atoms with Crippen LogP contribution in [0.25, 0.3) is 0 Å². The number of amides is 1. The van der Waals surface area contributed by atoms with Gasteiger partial charge in [0.15, 0.2) is 11.5 Å². The summed E-state index contributed by atoms with van der Waals surface area (Å²) in [6.45, 7) is 8.19. The SMILES string of the molecule is CC(C)(C)OC(=O)N[C@@H](Cc1ccc(OCc2ccccc2)cc1)[C@H](O)CN(Cc1ccc2c(c1)OCO2)CC1CCCC1. The predicted molar refractivity (Wildman–Crippen MR) is 170 cm³/mol. The highest BCUT2D eigenvalue weighted by atomic mass is 16.7. The topological polar surface area (TPSA) is 89.5 Å². The van der Waals surface area contributed by atoms with Crippen molar-refractivity contribution in [3.63, 3.8) is 0 Å². The van der Waals surface area contributed by atoms with E-state index < -0.39 is 23.8 Å². The summed E-state index contributed by atoms with van der Waals surface area (Å²) >= 11 is 0. The number of aliphatic hydroxyl groups is 1. The molecule has 8 nitrogen and oxygen atoms in total. The van der Waals surface area contributed by atoms with Crippen LogP contribution in [-0.4, -0.2) is 53.7 Å². The van der Waals surface area contributed by atoms with Gasteiger partial charge >= 0.3 is 6.09 Å². The lowest BCUT2D eigenvalue weighted by atomic mass is 9.99. The fraction of sp³-hybridized carbons (Fsp3) is 0.472. The molecule has 2 atom stereocenters. The van der Waals surface area contributed by atoms with E-state index in [4.69, 9.17) is 18.9 Å². The minimum Gasteiger partial charge on any atom is -0.489 e. The molecule has 0 spiro atoms. The standard InChI is InChI=1S/C36H46N2O6/c1-36(2,3)44-35(40)37-31(19-26-13-16-30(17-14-26)41-24-28-11-5-4-6-12-28)32(39)23-38(21-27-9-7-8-10-27)22-29-15-18-33-34(20-29)43-25-42-33/h4-6,11-18,20,27,31-32,39H,7-10,19,21-25H2,1-3H3,(H,37,40)/t31-,32+/m0/s1. The number of benzene rings is 3. The van der Waals surface area contributed by atoms with Crippen molar-refractivity contribution in [2.24, 2.45) is 5.92 Å². The zero-order valence-electron chi connectivity index (χ0n) is 26.2. The summed E-state index contributed by atoms with van der Waals surface area (Å²) in [5, 5.41) is 14.7. The third kappa shape index (κ3) is 9.63. The molecule has 236 valence electrons. The van der Waals surface area contributed by atoms with E-state index in [1.807, 2.05) is 87.5 Å². The number of carbonyl (C=O) groups excluding carboxylic acids is 1. The van der Waals surface area contributed by atoms with Gasteiger partial charge in [-0.25, -0.2) is 4.79 Å². The number of nitrogens with zero attached hydrogens (tertiary/aromatic N) is 1. The Kier molecular flexibility index (Phi) is 10.7. The van der Waals surface area contributed by atoms with Crippen LogP contribution in [0.2, 0.25) is 0 Å². The maximum atomic E-state index is 12.9. The maximum absolute atomic E-state index is 12.9. The number of alkyl carbamates (subject to hydrolysis) is 1. The Morgan fingerprint density at radius 1 is 0.955 bits per heavy atom. The number of carbonyl (C=O) groups is 1. The van der Waals surface area contributed by atoms with Crippen LogP contribution in [0, 0.1) is 5.92 Å². The number of hydrogen-bond donors (Lipinski definition) is 2. The lowest BCUT2D eigenvalue weighted by Crippen LogP contribution is -2.51. The van der Waals surface area contributed by atoms with Gasteiger partial charge in [0.1, 0.15) is 18.0 Å². The second kappa shape index (κ2) is 14.8. The van der Waals surface area contributed by atoms with Gasteiger partial charge in [0.2, 0.25) is 6.79 Å². The monoisotopic (exact) mass is 602 g/mol. The quantitative estimate of drug-likeness (QED) is 0.231. The van der Waals surface area contributed by atoms with E-state index in [9.17, 15) is 9.90 Å². The van der Waals surface area contributed by atoms with E-state index in [1.54, 1.807) is 0 Å². The number of nitrogens with one attached hydrogen (secondary N) is 1. The van der Waals surface area contributed by atoms with Crippen LogP contribution in [0.4, 0.5) is 4.79 Å². The molecule has 0 radical (unpaired) electrons. The predicted octanol–water partition coefficient (Wildman–Crippen LogP) is 6.48. The molecule has 1 aliphatic carbocycles. The van der Waals surface area contributed by atoms with Crippen LogP contribution >= 0.6 is 0 Å². The third-order valence-corrected chi connectivity index (χ3v) is 8.07. The first kappa shape index (κ1) is 31.7. The Hall–Kier alpha value is -3.75. The van der Waals surface area contributed by atoms with E-state index in [0.29, 0.717) is 32.0 Å². The molecule has 8 heteroatoms. The molecule has 1 aliphatic heterocycles. The summed E-state index contributed by atoms with van der Waals surface area (Å²) in [5.41, 5.74) is 2.53. The molecular weight excluding hydrogens is 556 g/mol. The largest absolute Gasteiger partial charge is 0.489 e. The molecule has 0 saturated heterocycles. The van der Waals surface area contributed by atoms with Gasteiger partial charge in [-0.3, -0.25) is 4.90 Å². The second-order valence-electron chi connectivity index (χ2n) is 13.0. The molecular formula is C36H46N2O6. The van der Waals surface area contributed by atoms with Crippen LogP contribution in [0.5, 0.6) is 17.2 Å². The zero-order valence-corrected chi connectivity index (χ0v) is 26.2. The summed E-state index contributed by atoms with van der Waals surface area (Å²) in [5.74, 6) is 2.87. The fourth-order valence-corrected chi connectivity index (χ4v) is 5.91. The first-order chi connectivity index (χ1) is 21.2. The van der Waals surface area contributed by atoms with Crippen molar-refractivity contribution < 1.29 is 28.8 Å². The van der Waals surface area contributed by atoms with Gasteiger partial charge in [-0.15, -0.1) is 0 Å². The highest BCUT2D eigenvalue weighted by Gasteiger charge is 2.28. The van der Waals surface area contributed by atoms with E-state index in [2.05, 4.69) is 16.3 Å². The highest BCUT2D eigenvalue weighted by molar-refractivity contribution is 5.68. The summed E-state index contributed by atoms with van der Waals surface area (Å²) in [6, 6.07) is 23.3. The summed E-state index contributed by atoms with van der Waals surface area (Å²) < 4.78 is 22.6. The van der Waals surface area contributed by atoms with Crippen LogP contribution in [0.1, 0.15) is 63.1 Å². The van der Waals surface area contributed by atoms with Gasteiger partial charge in [0.25, 0.3) is 0 Å². The molecule has 0 aromatic heterocycles. The Morgan fingerprint density at radius 2 is 1.66 bits per heavy atom. The molecule has 0 unspecified atom stereocenters. The Bertz CT molecular complexity index is 1330. The van der Waals surface area contributed by atoms with Gasteiger partial charge in [-0.2, -0.15) is 0 Å². The first-order valence-electron chi connectivity index (χ1n) is 15.7. The average molecular weight is 603 g/mol. The van der Waals surface area contributed by atoms with Crippen molar-refractivity contribution in [2.75, 3.05) is 19.9 Å². The Morgan fingerprint density at radius 3 is 2.39 bits per heavy atom. The van der Waals surface area contributed by atoms with Crippen LogP contribution in [-0.2, 0) is 24.3 Å². The van der Waals surface area contributed by atoms with Gasteiger partial charge in [-0.05, 0) is 86.9 Å². The van der Waals surface area contributed by atoms with Crippen molar-refractivity contribution in [1.82, 2.24) is 10.2 Å². The summed E-state index contributed by atoms with van der Waals surface area (Å²) in [6.07, 6.45) is 3.98. The van der Waals surface area contributed by atoms with Gasteiger partial charge in [0, 0.05) is 19.6 Å². The maximum Gasteiger partial charge on any atom is 0.407 e. The summed E-state index contributed by atoms with van der Waals surface area (Å²) in [7, 11) is 0. The number of ether oxygens (including phenoxy) is 4.